The molecule has 0 bridgehead atoms. The Morgan fingerprint density at radius 3 is 2.58 bits per heavy atom. The zero-order chi connectivity index (χ0) is 14.3. The highest BCUT2D eigenvalue weighted by molar-refractivity contribution is 5.85. The molecule has 0 saturated carbocycles. The van der Waals surface area contributed by atoms with Crippen molar-refractivity contribution >= 4 is 18.0 Å². The van der Waals surface area contributed by atoms with Crippen molar-refractivity contribution in [1.29, 1.82) is 0 Å². The number of rotatable bonds is 6. The van der Waals surface area contributed by atoms with Crippen molar-refractivity contribution in [3.05, 3.63) is 6.39 Å². The molecule has 1 N–H and O–H groups in total. The van der Waals surface area contributed by atoms with Crippen LogP contribution in [0.4, 0.5) is 10.7 Å². The Morgan fingerprint density at radius 2 is 2.05 bits per heavy atom. The van der Waals surface area contributed by atoms with Gasteiger partial charge in [-0.2, -0.15) is 4.98 Å². The molecule has 1 amide bonds. The van der Waals surface area contributed by atoms with Gasteiger partial charge in [0.25, 0.3) is 5.95 Å². The molecule has 0 fully saturated rings. The summed E-state index contributed by atoms with van der Waals surface area (Å²) in [6.45, 7) is 5.26. The van der Waals surface area contributed by atoms with Gasteiger partial charge in [0.1, 0.15) is 6.10 Å². The van der Waals surface area contributed by atoms with E-state index in [-0.39, 0.29) is 12.1 Å². The van der Waals surface area contributed by atoms with Crippen molar-refractivity contribution in [2.75, 3.05) is 5.32 Å². The van der Waals surface area contributed by atoms with Gasteiger partial charge in [-0.3, -0.25) is 5.32 Å². The molecule has 1 aromatic rings. The third-order valence-electron chi connectivity index (χ3n) is 2.38. The van der Waals surface area contributed by atoms with E-state index < -0.39 is 18.2 Å². The SMILES string of the molecule is CCC(CC)OC(=O)C(C)OC(=O)Nc1ncon1. The predicted molar refractivity (Wildman–Crippen MR) is 64.3 cm³/mol. The minimum absolute atomic E-state index is 0.0365. The van der Waals surface area contributed by atoms with Gasteiger partial charge in [-0.15, -0.1) is 0 Å². The van der Waals surface area contributed by atoms with Crippen LogP contribution in [0, 0.1) is 0 Å². The maximum Gasteiger partial charge on any atom is 0.414 e. The fraction of sp³-hybridized carbons (Fsp3) is 0.636. The summed E-state index contributed by atoms with van der Waals surface area (Å²) in [5, 5.41) is 5.57. The number of esters is 1. The molecule has 0 aliphatic carbocycles. The van der Waals surface area contributed by atoms with Crippen LogP contribution in [0.3, 0.4) is 0 Å². The highest BCUT2D eigenvalue weighted by Crippen LogP contribution is 2.07. The highest BCUT2D eigenvalue weighted by atomic mass is 16.6. The summed E-state index contributed by atoms with van der Waals surface area (Å²) < 4.78 is 14.4. The first kappa shape index (κ1) is 14.9. The molecule has 0 aliphatic heterocycles. The fourth-order valence-electron chi connectivity index (χ4n) is 1.27. The number of amides is 1. The Kier molecular flexibility index (Phi) is 5.77. The molecule has 106 valence electrons. The summed E-state index contributed by atoms with van der Waals surface area (Å²) >= 11 is 0. The summed E-state index contributed by atoms with van der Waals surface area (Å²) in [7, 11) is 0. The smallest absolute Gasteiger partial charge is 0.414 e. The molecule has 1 rings (SSSR count). The lowest BCUT2D eigenvalue weighted by Gasteiger charge is -2.17. The minimum atomic E-state index is -1.01. The normalized spacial score (nSPS) is 12.0. The Labute approximate surface area is 110 Å². The van der Waals surface area contributed by atoms with Gasteiger partial charge >= 0.3 is 12.1 Å². The van der Waals surface area contributed by atoms with E-state index in [1.165, 1.54) is 6.92 Å². The summed E-state index contributed by atoms with van der Waals surface area (Å²) in [6, 6.07) is 0. The molecule has 8 nitrogen and oxygen atoms in total. The minimum Gasteiger partial charge on any atom is -0.460 e. The summed E-state index contributed by atoms with van der Waals surface area (Å²) in [5.41, 5.74) is 0. The zero-order valence-electron chi connectivity index (χ0n) is 11.1. The maximum atomic E-state index is 11.6. The van der Waals surface area contributed by atoms with Gasteiger partial charge in [0.05, 0.1) is 0 Å². The molecule has 19 heavy (non-hydrogen) atoms. The molecule has 1 heterocycles. The van der Waals surface area contributed by atoms with Gasteiger partial charge in [-0.25, -0.2) is 9.59 Å². The number of aromatic nitrogens is 2. The van der Waals surface area contributed by atoms with E-state index in [1.54, 1.807) is 0 Å². The van der Waals surface area contributed by atoms with Crippen LogP contribution in [0.1, 0.15) is 33.6 Å². The van der Waals surface area contributed by atoms with E-state index in [0.717, 1.165) is 6.39 Å². The van der Waals surface area contributed by atoms with Crippen molar-refractivity contribution in [2.45, 2.75) is 45.8 Å². The van der Waals surface area contributed by atoms with Gasteiger partial charge in [0.15, 0.2) is 6.10 Å². The lowest BCUT2D eigenvalue weighted by atomic mass is 10.2. The Bertz CT molecular complexity index is 402. The van der Waals surface area contributed by atoms with E-state index in [2.05, 4.69) is 20.0 Å². The molecular weight excluding hydrogens is 254 g/mol. The summed E-state index contributed by atoms with van der Waals surface area (Å²) in [4.78, 5) is 26.6. The van der Waals surface area contributed by atoms with Gasteiger partial charge < -0.3 is 14.0 Å². The second kappa shape index (κ2) is 7.34. The number of ether oxygens (including phenoxy) is 2. The lowest BCUT2D eigenvalue weighted by Crippen LogP contribution is -2.31. The number of nitrogens with one attached hydrogen (secondary N) is 1. The molecule has 1 atom stereocenters. The largest absolute Gasteiger partial charge is 0.460 e. The van der Waals surface area contributed by atoms with E-state index >= 15 is 0 Å². The van der Waals surface area contributed by atoms with Gasteiger partial charge in [-0.05, 0) is 24.9 Å². The third-order valence-corrected chi connectivity index (χ3v) is 2.38. The zero-order valence-corrected chi connectivity index (χ0v) is 11.1. The van der Waals surface area contributed by atoms with Gasteiger partial charge in [-0.1, -0.05) is 13.8 Å². The number of hydrogen-bond donors (Lipinski definition) is 1. The lowest BCUT2D eigenvalue weighted by molar-refractivity contribution is -0.158. The van der Waals surface area contributed by atoms with E-state index in [9.17, 15) is 9.59 Å². The van der Waals surface area contributed by atoms with E-state index in [4.69, 9.17) is 9.47 Å². The van der Waals surface area contributed by atoms with Gasteiger partial charge in [0.2, 0.25) is 6.39 Å². The number of hydrogen-bond acceptors (Lipinski definition) is 7. The maximum absolute atomic E-state index is 11.6. The number of carbonyl (C=O) groups is 2. The van der Waals surface area contributed by atoms with Crippen LogP contribution in [0.15, 0.2) is 10.9 Å². The third kappa shape index (κ3) is 4.94. The summed E-state index contributed by atoms with van der Waals surface area (Å²) in [6.07, 6.45) is 0.454. The first-order chi connectivity index (χ1) is 9.06. The van der Waals surface area contributed by atoms with Crippen LogP contribution < -0.4 is 5.32 Å². The van der Waals surface area contributed by atoms with Crippen LogP contribution in [0.5, 0.6) is 0 Å². The van der Waals surface area contributed by atoms with Crippen molar-refractivity contribution in [1.82, 2.24) is 10.1 Å². The Balaban J connectivity index is 2.38. The first-order valence-electron chi connectivity index (χ1n) is 6.01. The predicted octanol–water partition coefficient (Wildman–Crippen LogP) is 1.74. The fourth-order valence-corrected chi connectivity index (χ4v) is 1.27. The van der Waals surface area contributed by atoms with Crippen LogP contribution in [-0.2, 0) is 14.3 Å². The van der Waals surface area contributed by atoms with Crippen molar-refractivity contribution < 1.29 is 23.6 Å². The van der Waals surface area contributed by atoms with Crippen molar-refractivity contribution in [2.24, 2.45) is 0 Å². The van der Waals surface area contributed by atoms with E-state index in [0.29, 0.717) is 12.8 Å². The second-order valence-corrected chi connectivity index (χ2v) is 3.80. The molecule has 8 heteroatoms. The molecule has 1 aromatic heterocycles. The molecule has 0 spiro atoms. The monoisotopic (exact) mass is 271 g/mol. The Morgan fingerprint density at radius 1 is 1.37 bits per heavy atom. The van der Waals surface area contributed by atoms with Crippen LogP contribution >= 0.6 is 0 Å². The first-order valence-corrected chi connectivity index (χ1v) is 6.01. The molecule has 0 aliphatic rings. The number of anilines is 1. The van der Waals surface area contributed by atoms with Gasteiger partial charge in [0, 0.05) is 0 Å². The molecule has 1 unspecified atom stereocenters. The quantitative estimate of drug-likeness (QED) is 0.786. The highest BCUT2D eigenvalue weighted by Gasteiger charge is 2.22. The van der Waals surface area contributed by atoms with Crippen LogP contribution in [-0.4, -0.2) is 34.4 Å². The van der Waals surface area contributed by atoms with Crippen LogP contribution in [0.2, 0.25) is 0 Å². The van der Waals surface area contributed by atoms with Crippen LogP contribution in [0.25, 0.3) is 0 Å². The average molecular weight is 271 g/mol. The number of nitrogens with zero attached hydrogens (tertiary/aromatic N) is 2. The second-order valence-electron chi connectivity index (χ2n) is 3.80. The molecule has 0 radical (unpaired) electrons. The summed E-state index contributed by atoms with van der Waals surface area (Å²) in [5.74, 6) is -0.623. The molecule has 0 aromatic carbocycles. The Hall–Kier alpha value is -2.12. The topological polar surface area (TPSA) is 104 Å². The standard InChI is InChI=1S/C11H17N3O5/c1-4-8(5-2)19-9(15)7(3)18-11(16)13-10-12-6-17-14-10/h6-8H,4-5H2,1-3H3,(H,13,14,16). The van der Waals surface area contributed by atoms with Crippen molar-refractivity contribution in [3.8, 4) is 0 Å². The van der Waals surface area contributed by atoms with E-state index in [1.807, 2.05) is 13.8 Å². The molecule has 0 saturated heterocycles. The van der Waals surface area contributed by atoms with Crippen molar-refractivity contribution in [3.63, 3.8) is 0 Å². The molecular formula is C11H17N3O5. The number of carbonyl (C=O) groups excluding carboxylic acids is 2. The average Bonchev–Trinajstić information content (AvgIpc) is 2.87.